The lowest BCUT2D eigenvalue weighted by Crippen LogP contribution is -2.15. The fourth-order valence-corrected chi connectivity index (χ4v) is 2.80. The molecule has 25 heavy (non-hydrogen) atoms. The molecule has 0 aromatic heterocycles. The van der Waals surface area contributed by atoms with Gasteiger partial charge in [-0.2, -0.15) is 0 Å². The molecule has 2 N–H and O–H groups in total. The maximum Gasteiger partial charge on any atom is 0.339 e. The molecular formula is C17H18ClNO5S. The van der Waals surface area contributed by atoms with Crippen molar-refractivity contribution in [3.63, 3.8) is 0 Å². The van der Waals surface area contributed by atoms with Crippen molar-refractivity contribution >= 4 is 27.6 Å². The molecule has 0 aliphatic rings. The summed E-state index contributed by atoms with van der Waals surface area (Å²) in [6.45, 7) is 2.19. The van der Waals surface area contributed by atoms with Crippen molar-refractivity contribution in [2.75, 3.05) is 13.2 Å². The van der Waals surface area contributed by atoms with Crippen LogP contribution in [0.1, 0.15) is 22.8 Å². The molecule has 0 aliphatic carbocycles. The van der Waals surface area contributed by atoms with Gasteiger partial charge in [-0.1, -0.05) is 30.7 Å². The number of rotatable bonds is 7. The Kier molecular flexibility index (Phi) is 6.41. The van der Waals surface area contributed by atoms with Crippen LogP contribution in [0.3, 0.4) is 0 Å². The number of ether oxygens (including phenoxy) is 2. The lowest BCUT2D eigenvalue weighted by molar-refractivity contribution is 0.0450. The molecule has 2 aromatic carbocycles. The zero-order valence-corrected chi connectivity index (χ0v) is 15.1. The van der Waals surface area contributed by atoms with E-state index < -0.39 is 16.0 Å². The van der Waals surface area contributed by atoms with E-state index in [0.29, 0.717) is 5.75 Å². The van der Waals surface area contributed by atoms with Gasteiger partial charge in [-0.25, -0.2) is 18.4 Å². The van der Waals surface area contributed by atoms with E-state index >= 15 is 0 Å². The van der Waals surface area contributed by atoms with E-state index in [0.717, 1.165) is 18.1 Å². The monoisotopic (exact) mass is 383 g/mol. The molecule has 2 aromatic rings. The second-order valence-corrected chi connectivity index (χ2v) is 7.14. The molecule has 0 spiro atoms. The largest absolute Gasteiger partial charge is 0.490 e. The topological polar surface area (TPSA) is 95.7 Å². The van der Waals surface area contributed by atoms with Crippen LogP contribution in [-0.4, -0.2) is 27.6 Å². The van der Waals surface area contributed by atoms with Gasteiger partial charge in [-0.3, -0.25) is 0 Å². The van der Waals surface area contributed by atoms with E-state index in [4.69, 9.17) is 26.2 Å². The van der Waals surface area contributed by atoms with Crippen LogP contribution in [0, 0.1) is 0 Å². The Morgan fingerprint density at radius 3 is 2.60 bits per heavy atom. The molecule has 0 saturated heterocycles. The minimum atomic E-state index is -3.93. The Morgan fingerprint density at radius 1 is 1.16 bits per heavy atom. The van der Waals surface area contributed by atoms with Crippen molar-refractivity contribution in [1.29, 1.82) is 0 Å². The van der Waals surface area contributed by atoms with Gasteiger partial charge in [-0.15, -0.1) is 0 Å². The highest BCUT2D eigenvalue weighted by molar-refractivity contribution is 7.89. The second kappa shape index (κ2) is 8.33. The molecule has 0 unspecified atom stereocenters. The average molecular weight is 384 g/mol. The van der Waals surface area contributed by atoms with Gasteiger partial charge in [0.25, 0.3) is 0 Å². The third-order valence-corrected chi connectivity index (χ3v) is 4.62. The molecule has 2 rings (SSSR count). The molecule has 6 nitrogen and oxygen atoms in total. The molecule has 0 heterocycles. The highest BCUT2D eigenvalue weighted by atomic mass is 35.5. The molecule has 0 radical (unpaired) electrons. The molecule has 0 saturated carbocycles. The number of primary sulfonamides is 1. The van der Waals surface area contributed by atoms with Gasteiger partial charge in [0.2, 0.25) is 10.0 Å². The van der Waals surface area contributed by atoms with E-state index in [1.54, 1.807) is 0 Å². The summed E-state index contributed by atoms with van der Waals surface area (Å²) in [5.41, 5.74) is 1.07. The van der Waals surface area contributed by atoms with Gasteiger partial charge >= 0.3 is 5.97 Å². The van der Waals surface area contributed by atoms with Gasteiger partial charge in [0.05, 0.1) is 15.5 Å². The Bertz CT molecular complexity index is 867. The fraction of sp³-hybridized carbons (Fsp3) is 0.235. The van der Waals surface area contributed by atoms with Crippen molar-refractivity contribution in [1.82, 2.24) is 0 Å². The number of aryl methyl sites for hydroxylation is 1. The van der Waals surface area contributed by atoms with Crippen LogP contribution in [0.2, 0.25) is 5.02 Å². The lowest BCUT2D eigenvalue weighted by atomic mass is 10.2. The van der Waals surface area contributed by atoms with Crippen molar-refractivity contribution in [2.24, 2.45) is 5.14 Å². The number of sulfonamides is 1. The Labute approximate surface area is 151 Å². The first-order valence-corrected chi connectivity index (χ1v) is 9.45. The normalized spacial score (nSPS) is 11.2. The maximum absolute atomic E-state index is 12.1. The Hall–Kier alpha value is -2.09. The number of hydrogen-bond acceptors (Lipinski definition) is 5. The average Bonchev–Trinajstić information content (AvgIpc) is 2.58. The van der Waals surface area contributed by atoms with E-state index in [1.807, 2.05) is 31.2 Å². The number of esters is 1. The smallest absolute Gasteiger partial charge is 0.339 e. The number of carbonyl (C=O) groups is 1. The zero-order chi connectivity index (χ0) is 18.4. The molecule has 0 atom stereocenters. The number of nitrogens with two attached hydrogens (primary N) is 1. The highest BCUT2D eigenvalue weighted by Gasteiger charge is 2.17. The van der Waals surface area contributed by atoms with Gasteiger partial charge < -0.3 is 9.47 Å². The predicted octanol–water partition coefficient (Wildman–Crippen LogP) is 2.79. The van der Waals surface area contributed by atoms with E-state index in [-0.39, 0.29) is 28.7 Å². The van der Waals surface area contributed by atoms with E-state index in [1.165, 1.54) is 12.1 Å². The molecule has 8 heteroatoms. The Morgan fingerprint density at radius 2 is 1.92 bits per heavy atom. The van der Waals surface area contributed by atoms with Crippen LogP contribution >= 0.6 is 11.6 Å². The summed E-state index contributed by atoms with van der Waals surface area (Å²) in [5, 5.41) is 5.12. The highest BCUT2D eigenvalue weighted by Crippen LogP contribution is 2.21. The zero-order valence-electron chi connectivity index (χ0n) is 13.6. The van der Waals surface area contributed by atoms with Crippen molar-refractivity contribution < 1.29 is 22.7 Å². The summed E-state index contributed by atoms with van der Waals surface area (Å²) in [5.74, 6) is -0.0638. The standard InChI is InChI=1S/C17H18ClNO5S/c1-2-12-4-3-5-13(10-12)23-8-9-24-17(20)15-11-14(25(19,21)22)6-7-16(15)18/h3-7,10-11H,2,8-9H2,1H3,(H2,19,21,22). The summed E-state index contributed by atoms with van der Waals surface area (Å²) < 4.78 is 33.3. The molecule has 0 aliphatic heterocycles. The van der Waals surface area contributed by atoms with Crippen molar-refractivity contribution in [3.05, 3.63) is 58.6 Å². The van der Waals surface area contributed by atoms with Crippen LogP contribution in [-0.2, 0) is 21.2 Å². The molecule has 0 fully saturated rings. The van der Waals surface area contributed by atoms with Crippen molar-refractivity contribution in [2.45, 2.75) is 18.2 Å². The van der Waals surface area contributed by atoms with E-state index in [2.05, 4.69) is 0 Å². The summed E-state index contributed by atoms with van der Waals surface area (Å²) in [6.07, 6.45) is 0.894. The van der Waals surface area contributed by atoms with Crippen LogP contribution in [0.4, 0.5) is 0 Å². The van der Waals surface area contributed by atoms with Crippen LogP contribution in [0.15, 0.2) is 47.4 Å². The van der Waals surface area contributed by atoms with E-state index in [9.17, 15) is 13.2 Å². The molecular weight excluding hydrogens is 366 g/mol. The fourth-order valence-electron chi connectivity index (χ4n) is 2.06. The summed E-state index contributed by atoms with van der Waals surface area (Å²) in [4.78, 5) is 11.8. The number of carbonyl (C=O) groups excluding carboxylic acids is 1. The minimum absolute atomic E-state index is 0.00881. The van der Waals surface area contributed by atoms with Gasteiger partial charge in [0.15, 0.2) is 0 Å². The number of hydrogen-bond donors (Lipinski definition) is 1. The van der Waals surface area contributed by atoms with Crippen LogP contribution < -0.4 is 9.88 Å². The number of halogens is 1. The first-order chi connectivity index (χ1) is 11.8. The Balaban J connectivity index is 1.94. The maximum atomic E-state index is 12.1. The van der Waals surface area contributed by atoms with Crippen LogP contribution in [0.25, 0.3) is 0 Å². The summed E-state index contributed by atoms with van der Waals surface area (Å²) >= 11 is 5.92. The SMILES string of the molecule is CCc1cccc(OCCOC(=O)c2cc(S(N)(=O)=O)ccc2Cl)c1. The quantitative estimate of drug-likeness (QED) is 0.585. The third kappa shape index (κ3) is 5.45. The number of benzene rings is 2. The van der Waals surface area contributed by atoms with Gasteiger partial charge in [0.1, 0.15) is 19.0 Å². The predicted molar refractivity (Wildman–Crippen MR) is 94.4 cm³/mol. The molecule has 0 amide bonds. The third-order valence-electron chi connectivity index (χ3n) is 3.38. The van der Waals surface area contributed by atoms with Crippen molar-refractivity contribution in [3.8, 4) is 5.75 Å². The first-order valence-electron chi connectivity index (χ1n) is 7.52. The lowest BCUT2D eigenvalue weighted by Gasteiger charge is -2.09. The first kappa shape index (κ1) is 19.2. The molecule has 0 bridgehead atoms. The minimum Gasteiger partial charge on any atom is -0.490 e. The van der Waals surface area contributed by atoms with Gasteiger partial charge in [-0.05, 0) is 42.3 Å². The van der Waals surface area contributed by atoms with Gasteiger partial charge in [0, 0.05) is 0 Å². The molecule has 134 valence electrons. The summed E-state index contributed by atoms with van der Waals surface area (Å²) in [7, 11) is -3.93. The second-order valence-electron chi connectivity index (χ2n) is 5.17. The van der Waals surface area contributed by atoms with Crippen LogP contribution in [0.5, 0.6) is 5.75 Å². The summed E-state index contributed by atoms with van der Waals surface area (Å²) in [6, 6.07) is 11.2.